The number of carbonyl (C=O) groups is 1. The molecule has 4 heteroatoms. The zero-order valence-electron chi connectivity index (χ0n) is 11.1. The minimum Gasteiger partial charge on any atom is -0.494 e. The molecule has 3 nitrogen and oxygen atoms in total. The molecule has 0 saturated heterocycles. The molecule has 1 aromatic rings. The van der Waals surface area contributed by atoms with Crippen LogP contribution >= 0.6 is 11.6 Å². The highest BCUT2D eigenvalue weighted by Crippen LogP contribution is 2.16. The summed E-state index contributed by atoms with van der Waals surface area (Å²) in [6, 6.07) is 7.27. The second-order valence-electron chi connectivity index (χ2n) is 4.30. The van der Waals surface area contributed by atoms with E-state index in [1.807, 2.05) is 26.0 Å². The molecule has 0 bridgehead atoms. The van der Waals surface area contributed by atoms with Gasteiger partial charge in [-0.25, -0.2) is 0 Å². The molecule has 0 aromatic heterocycles. The van der Waals surface area contributed by atoms with Gasteiger partial charge in [0.2, 0.25) is 0 Å². The molecule has 0 fully saturated rings. The van der Waals surface area contributed by atoms with Crippen LogP contribution in [0.1, 0.15) is 30.6 Å². The van der Waals surface area contributed by atoms with Crippen LogP contribution in [0.25, 0.3) is 0 Å². The van der Waals surface area contributed by atoms with Crippen molar-refractivity contribution in [3.8, 4) is 5.75 Å². The lowest BCUT2D eigenvalue weighted by molar-refractivity contribution is 0.0756. The van der Waals surface area contributed by atoms with Gasteiger partial charge in [-0.1, -0.05) is 13.0 Å². The first-order chi connectivity index (χ1) is 8.60. The Balaban J connectivity index is 2.79. The maximum absolute atomic E-state index is 12.2. The minimum atomic E-state index is -0.0369. The first-order valence-electron chi connectivity index (χ1n) is 6.16. The molecule has 0 aliphatic carbocycles. The Morgan fingerprint density at radius 1 is 1.50 bits per heavy atom. The van der Waals surface area contributed by atoms with Crippen molar-refractivity contribution in [3.63, 3.8) is 0 Å². The third-order valence-corrected chi connectivity index (χ3v) is 3.21. The van der Waals surface area contributed by atoms with Crippen LogP contribution in [0.4, 0.5) is 0 Å². The maximum Gasteiger partial charge on any atom is 0.254 e. The van der Waals surface area contributed by atoms with Crippen LogP contribution in [0.3, 0.4) is 0 Å². The summed E-state index contributed by atoms with van der Waals surface area (Å²) in [6.07, 6.45) is 0.946. The first kappa shape index (κ1) is 14.8. The maximum atomic E-state index is 12.2. The second-order valence-corrected chi connectivity index (χ2v) is 4.60. The zero-order chi connectivity index (χ0) is 13.5. The lowest BCUT2D eigenvalue weighted by Gasteiger charge is -2.23. The van der Waals surface area contributed by atoms with Gasteiger partial charge in [0.25, 0.3) is 5.91 Å². The summed E-state index contributed by atoms with van der Waals surface area (Å²) < 4.78 is 5.52. The molecule has 0 aliphatic rings. The number of alkyl halides is 1. The molecule has 0 N–H and O–H groups in total. The fourth-order valence-corrected chi connectivity index (χ4v) is 1.65. The molecule has 0 saturated carbocycles. The van der Waals surface area contributed by atoms with Crippen molar-refractivity contribution >= 4 is 17.5 Å². The quantitative estimate of drug-likeness (QED) is 0.743. The van der Waals surface area contributed by atoms with E-state index in [4.69, 9.17) is 16.3 Å². The van der Waals surface area contributed by atoms with Crippen LogP contribution in [0.5, 0.6) is 5.75 Å². The number of ether oxygens (including phenoxy) is 1. The van der Waals surface area contributed by atoms with E-state index in [2.05, 4.69) is 0 Å². The number of carbonyl (C=O) groups excluding carboxylic acids is 1. The van der Waals surface area contributed by atoms with Gasteiger partial charge in [-0.05, 0) is 31.5 Å². The van der Waals surface area contributed by atoms with Crippen LogP contribution < -0.4 is 4.74 Å². The van der Waals surface area contributed by atoms with Crippen molar-refractivity contribution < 1.29 is 9.53 Å². The van der Waals surface area contributed by atoms with Crippen molar-refractivity contribution in [1.29, 1.82) is 0 Å². The Morgan fingerprint density at radius 2 is 2.22 bits per heavy atom. The van der Waals surface area contributed by atoms with Crippen molar-refractivity contribution in [1.82, 2.24) is 4.90 Å². The Morgan fingerprint density at radius 3 is 2.83 bits per heavy atom. The first-order valence-corrected chi connectivity index (χ1v) is 6.69. The van der Waals surface area contributed by atoms with Gasteiger partial charge in [-0.2, -0.15) is 0 Å². The van der Waals surface area contributed by atoms with Crippen LogP contribution in [-0.4, -0.2) is 36.4 Å². The van der Waals surface area contributed by atoms with Gasteiger partial charge in [-0.15, -0.1) is 11.6 Å². The Bertz CT molecular complexity index is 395. The average molecular weight is 270 g/mol. The molecule has 100 valence electrons. The van der Waals surface area contributed by atoms with Gasteiger partial charge < -0.3 is 9.64 Å². The van der Waals surface area contributed by atoms with Crippen molar-refractivity contribution in [2.45, 2.75) is 26.3 Å². The summed E-state index contributed by atoms with van der Waals surface area (Å²) in [6.45, 7) is 4.62. The summed E-state index contributed by atoms with van der Waals surface area (Å²) in [5, 5.41) is 0. The van der Waals surface area contributed by atoms with E-state index in [1.165, 1.54) is 0 Å². The van der Waals surface area contributed by atoms with Gasteiger partial charge in [0, 0.05) is 24.5 Å². The number of halogens is 1. The Hall–Kier alpha value is -1.22. The summed E-state index contributed by atoms with van der Waals surface area (Å²) in [4.78, 5) is 13.8. The number of nitrogens with zero attached hydrogens (tertiary/aromatic N) is 1. The molecule has 0 radical (unpaired) electrons. The Kier molecular flexibility index (Phi) is 5.99. The van der Waals surface area contributed by atoms with Gasteiger partial charge in [0.05, 0.1) is 6.61 Å². The molecule has 18 heavy (non-hydrogen) atoms. The van der Waals surface area contributed by atoms with Gasteiger partial charge in [-0.3, -0.25) is 4.79 Å². The van der Waals surface area contributed by atoms with Crippen LogP contribution in [0.2, 0.25) is 0 Å². The normalized spacial score (nSPS) is 12.0. The standard InChI is InChI=1S/C14H20ClNO2/c1-4-8-18-13-7-5-6-12(9-13)14(17)16(3)11(2)10-15/h5-7,9,11H,4,8,10H2,1-3H3. The molecule has 1 amide bonds. The van der Waals surface area contributed by atoms with E-state index in [0.29, 0.717) is 18.1 Å². The largest absolute Gasteiger partial charge is 0.494 e. The lowest BCUT2D eigenvalue weighted by Crippen LogP contribution is -2.36. The zero-order valence-corrected chi connectivity index (χ0v) is 11.9. The molecule has 1 aromatic carbocycles. The van der Waals surface area contributed by atoms with Crippen molar-refractivity contribution in [3.05, 3.63) is 29.8 Å². The number of amides is 1. The molecule has 1 unspecified atom stereocenters. The molecule has 0 heterocycles. The summed E-state index contributed by atoms with van der Waals surface area (Å²) in [5.41, 5.74) is 0.628. The van der Waals surface area contributed by atoms with Crippen molar-refractivity contribution in [2.24, 2.45) is 0 Å². The predicted octanol–water partition coefficient (Wildman–Crippen LogP) is 3.17. The molecule has 1 rings (SSSR count). The molecule has 0 aliphatic heterocycles. The number of rotatable bonds is 6. The summed E-state index contributed by atoms with van der Waals surface area (Å²) in [7, 11) is 1.76. The van der Waals surface area contributed by atoms with Crippen LogP contribution in [-0.2, 0) is 0 Å². The smallest absolute Gasteiger partial charge is 0.254 e. The number of benzene rings is 1. The molecule has 1 atom stereocenters. The van der Waals surface area contributed by atoms with Gasteiger partial charge in [0.15, 0.2) is 0 Å². The van der Waals surface area contributed by atoms with E-state index in [1.54, 1.807) is 24.1 Å². The van der Waals surface area contributed by atoms with Crippen LogP contribution in [0.15, 0.2) is 24.3 Å². The van der Waals surface area contributed by atoms with Crippen LogP contribution in [0, 0.1) is 0 Å². The molecular formula is C14H20ClNO2. The average Bonchev–Trinajstić information content (AvgIpc) is 2.42. The second kappa shape index (κ2) is 7.27. The fraction of sp³-hybridized carbons (Fsp3) is 0.500. The highest BCUT2D eigenvalue weighted by molar-refractivity contribution is 6.18. The van der Waals surface area contributed by atoms with E-state index in [0.717, 1.165) is 12.2 Å². The van der Waals surface area contributed by atoms with E-state index in [-0.39, 0.29) is 11.9 Å². The molecular weight excluding hydrogens is 250 g/mol. The third-order valence-electron chi connectivity index (χ3n) is 2.76. The number of hydrogen-bond donors (Lipinski definition) is 0. The van der Waals surface area contributed by atoms with E-state index < -0.39 is 0 Å². The third kappa shape index (κ3) is 3.91. The monoisotopic (exact) mass is 269 g/mol. The Labute approximate surface area is 114 Å². The predicted molar refractivity (Wildman–Crippen MR) is 74.5 cm³/mol. The highest BCUT2D eigenvalue weighted by atomic mass is 35.5. The SMILES string of the molecule is CCCOc1cccc(C(=O)N(C)C(C)CCl)c1. The minimum absolute atomic E-state index is 0.0133. The summed E-state index contributed by atoms with van der Waals surface area (Å²) >= 11 is 5.76. The topological polar surface area (TPSA) is 29.5 Å². The van der Waals surface area contributed by atoms with Gasteiger partial charge in [0.1, 0.15) is 5.75 Å². The number of hydrogen-bond acceptors (Lipinski definition) is 2. The molecule has 0 spiro atoms. The lowest BCUT2D eigenvalue weighted by atomic mass is 10.1. The highest BCUT2D eigenvalue weighted by Gasteiger charge is 2.16. The van der Waals surface area contributed by atoms with Gasteiger partial charge >= 0.3 is 0 Å². The van der Waals surface area contributed by atoms with E-state index >= 15 is 0 Å². The van der Waals surface area contributed by atoms with Crippen molar-refractivity contribution in [2.75, 3.05) is 19.5 Å². The summed E-state index contributed by atoms with van der Waals surface area (Å²) in [5.74, 6) is 1.12. The fourth-order valence-electron chi connectivity index (χ4n) is 1.45. The van der Waals surface area contributed by atoms with E-state index in [9.17, 15) is 4.79 Å².